The van der Waals surface area contributed by atoms with Gasteiger partial charge in [0.1, 0.15) is 116 Å². The van der Waals surface area contributed by atoms with Crippen molar-refractivity contribution in [1.29, 1.82) is 0 Å². The summed E-state index contributed by atoms with van der Waals surface area (Å²) in [7, 11) is 0. The first-order chi connectivity index (χ1) is 67.4. The van der Waals surface area contributed by atoms with Crippen LogP contribution < -0.4 is 16.0 Å². The summed E-state index contributed by atoms with van der Waals surface area (Å²) in [4.78, 5) is 90.3. The highest BCUT2D eigenvalue weighted by molar-refractivity contribution is 8.00. The zero-order valence-electron chi connectivity index (χ0n) is 79.6. The third-order valence-corrected chi connectivity index (χ3v) is 27.8. The number of aliphatic hydroxyl groups excluding tert-OH is 15. The maximum absolute atomic E-state index is 12.8. The Balaban J connectivity index is 0.000000412. The fraction of sp³-hybridized carbons (Fsp3) is 0.920. The summed E-state index contributed by atoms with van der Waals surface area (Å²) < 4.78 is 124. The first kappa shape index (κ1) is 120. The number of carbonyl (C=O) groups is 7. The van der Waals surface area contributed by atoms with Crippen molar-refractivity contribution in [1.82, 2.24) is 16.0 Å². The molecular weight excluding hydrogens is 1920 g/mol. The molecule has 10 fully saturated rings. The van der Waals surface area contributed by atoms with E-state index < -0.39 is 295 Å². The SMILES string of the molecule is CCCCCNC(=O)CCOCCOCCOCCOCCOCCOCCCNC(=O)CCCC[C@@H]1SC[C@@H]2CC(=O)N[C@@H]21.CCOC1OC(C(=O)O)C(OC2OC(CO)C(OC3OC(C(=O)O)C(OC4OC(CO)C(OC5OC(C(=O)O)C(OC6OC(CO)C(OC7OC(C(=O)O)C(OC8OC(CO)C(O)C(O)C8C)C(O)C7O)C(O)C6C)C(O)C5O)C(O)C4C)C(O)C3O)C(O)C2C)C(C)C1OO. The summed E-state index contributed by atoms with van der Waals surface area (Å²) in [6, 6.07) is 0.342. The van der Waals surface area contributed by atoms with Crippen molar-refractivity contribution in [2.75, 3.05) is 131 Å². The lowest BCUT2D eigenvalue weighted by atomic mass is 9.88. The van der Waals surface area contributed by atoms with Gasteiger partial charge in [0.2, 0.25) is 17.7 Å². The van der Waals surface area contributed by atoms with Gasteiger partial charge in [0.05, 0.1) is 124 Å². The first-order valence-corrected chi connectivity index (χ1v) is 48.9. The lowest BCUT2D eigenvalue weighted by Gasteiger charge is -2.50. The van der Waals surface area contributed by atoms with Crippen LogP contribution in [0.1, 0.15) is 113 Å². The second-order valence-corrected chi connectivity index (χ2v) is 37.5. The molecule has 10 aliphatic heterocycles. The van der Waals surface area contributed by atoms with E-state index in [1.807, 2.05) is 11.8 Å². The Kier molecular flexibility index (Phi) is 50.4. The number of carboxylic acid groups (broad SMARTS) is 4. The van der Waals surface area contributed by atoms with Gasteiger partial charge < -0.3 is 217 Å². The summed E-state index contributed by atoms with van der Waals surface area (Å²) in [5.41, 5.74) is 0. The number of fused-ring (bicyclic) bond motifs is 1. The average Bonchev–Trinajstić information content (AvgIpc) is 1.35. The molecule has 0 radical (unpaired) electrons. The van der Waals surface area contributed by atoms with Crippen LogP contribution in [0.25, 0.3) is 0 Å². The quantitative estimate of drug-likeness (QED) is 0.0153. The molecule has 23 N–H and O–H groups in total. The number of aliphatic carboxylic acids is 4. The number of nitrogens with one attached hydrogen (secondary N) is 3. The van der Waals surface area contributed by atoms with Crippen LogP contribution in [0.4, 0.5) is 0 Å². The normalized spacial score (nSPS) is 40.4. The van der Waals surface area contributed by atoms with Crippen LogP contribution in [0.3, 0.4) is 0 Å². The number of hydrogen-bond acceptors (Lipinski definition) is 47. The molecule has 816 valence electrons. The van der Waals surface area contributed by atoms with Gasteiger partial charge in [-0.25, -0.2) is 24.1 Å². The molecule has 3 amide bonds. The number of carboxylic acids is 4. The maximum atomic E-state index is 12.8. The Labute approximate surface area is 816 Å². The number of ether oxygens (including phenoxy) is 22. The molecule has 43 atom stereocenters. The van der Waals surface area contributed by atoms with Crippen molar-refractivity contribution in [3.63, 3.8) is 0 Å². The molecule has 10 aliphatic rings. The summed E-state index contributed by atoms with van der Waals surface area (Å²) in [5.74, 6) is -11.2. The van der Waals surface area contributed by atoms with Crippen LogP contribution in [0.5, 0.6) is 0 Å². The second-order valence-electron chi connectivity index (χ2n) is 36.2. The summed E-state index contributed by atoms with van der Waals surface area (Å²) in [5, 5.41) is 225. The third kappa shape index (κ3) is 32.6. The molecule has 141 heavy (non-hydrogen) atoms. The van der Waals surface area contributed by atoms with E-state index in [4.69, 9.17) is 104 Å². The highest BCUT2D eigenvalue weighted by Crippen LogP contribution is 2.44. The van der Waals surface area contributed by atoms with E-state index in [1.165, 1.54) is 34.6 Å². The van der Waals surface area contributed by atoms with Gasteiger partial charge in [-0.2, -0.15) is 11.8 Å². The van der Waals surface area contributed by atoms with E-state index >= 15 is 0 Å². The minimum absolute atomic E-state index is 0.0339. The molecule has 0 bridgehead atoms. The van der Waals surface area contributed by atoms with Gasteiger partial charge in [-0.15, -0.1) is 0 Å². The van der Waals surface area contributed by atoms with E-state index in [-0.39, 0.29) is 24.3 Å². The van der Waals surface area contributed by atoms with E-state index in [1.54, 1.807) is 6.92 Å². The van der Waals surface area contributed by atoms with Crippen LogP contribution >= 0.6 is 11.8 Å². The fourth-order valence-corrected chi connectivity index (χ4v) is 19.5. The molecule has 0 saturated carbocycles. The number of unbranched alkanes of at least 4 members (excludes halogenated alkanes) is 3. The summed E-state index contributed by atoms with van der Waals surface area (Å²) in [6.45, 7) is 13.7. The lowest BCUT2D eigenvalue weighted by Crippen LogP contribution is -2.67. The second kappa shape index (κ2) is 59.5. The molecule has 10 rings (SSSR count). The number of rotatable bonds is 56. The van der Waals surface area contributed by atoms with Crippen LogP contribution in [0.15, 0.2) is 0 Å². The Morgan fingerprint density at radius 1 is 0.362 bits per heavy atom. The standard InChI is InChI=1S/C55H88O41.C32H59N3O9S/c1-7-80-55-33(96-79)16(6)32(40(95-55)44(71)72)85-49-13(3)22(61)34(18(9-57)82-49)86-53-30(69)27(66)38(42(93-53)46(75)76)90-51-15(5)24(63)36(20(11-59)84-51)88-54-31(70)28(67)39(43(94-54)47(77)78)91-50-14(4)23(62)35(19(10-58)83-50)87-52-29(68)26(65)37(41(92-52)45(73)74)89-48-12(2)21(60)25(64)17(8-56)81-48;1-2-3-6-11-33-30(37)10-14-40-16-18-42-20-22-44-24-23-43-21-19-41-17-15-39-13-7-12-34-29(36)9-5-4-8-28-32-27(26-45-28)25-31(38)35-32/h12-43,48-70,79H,7-11H2,1-6H3,(H,71,72)(H,73,74)(H,75,76)(H,77,78);27-28,32H,2-26H2,1H3,(H,33,37)(H,34,36)(H,35,38)/t;27-,28-,32-/m.0/s1. The van der Waals surface area contributed by atoms with E-state index in [0.717, 1.165) is 57.2 Å². The summed E-state index contributed by atoms with van der Waals surface area (Å²) in [6.07, 6.45) is -57.5. The van der Waals surface area contributed by atoms with Gasteiger partial charge in [0.15, 0.2) is 74.7 Å². The fourth-order valence-electron chi connectivity index (χ4n) is 17.9. The average molecular weight is 2070 g/mol. The van der Waals surface area contributed by atoms with Crippen molar-refractivity contribution in [3.8, 4) is 0 Å². The lowest BCUT2D eigenvalue weighted by molar-refractivity contribution is -0.396. The molecule has 10 saturated heterocycles. The minimum Gasteiger partial charge on any atom is -0.479 e. The van der Waals surface area contributed by atoms with E-state index in [0.29, 0.717) is 122 Å². The Morgan fingerprint density at radius 2 is 0.709 bits per heavy atom. The minimum atomic E-state index is -2.33. The monoisotopic (exact) mass is 2070 g/mol. The van der Waals surface area contributed by atoms with Crippen molar-refractivity contribution < 1.29 is 245 Å². The van der Waals surface area contributed by atoms with Gasteiger partial charge in [-0.1, -0.05) is 60.8 Å². The largest absolute Gasteiger partial charge is 0.479 e. The van der Waals surface area contributed by atoms with Gasteiger partial charge in [-0.05, 0) is 44.3 Å². The zero-order chi connectivity index (χ0) is 103. The highest BCUT2D eigenvalue weighted by atomic mass is 32.2. The molecule has 54 heteroatoms. The molecule has 0 aromatic heterocycles. The number of amides is 3. The van der Waals surface area contributed by atoms with Crippen LogP contribution in [-0.4, -0.2) is 501 Å². The Bertz CT molecular complexity index is 3690. The van der Waals surface area contributed by atoms with Gasteiger partial charge in [0, 0.05) is 86.4 Å². The van der Waals surface area contributed by atoms with E-state index in [9.17, 15) is 136 Å². The summed E-state index contributed by atoms with van der Waals surface area (Å²) >= 11 is 1.97. The van der Waals surface area contributed by atoms with Crippen LogP contribution in [-0.2, 0) is 143 Å². The first-order valence-electron chi connectivity index (χ1n) is 47.9. The Morgan fingerprint density at radius 3 is 1.09 bits per heavy atom. The molecule has 0 spiro atoms. The van der Waals surface area contributed by atoms with Crippen LogP contribution in [0, 0.1) is 35.5 Å². The molecular formula is C87H147N3O50S. The molecule has 53 nitrogen and oxygen atoms in total. The predicted molar refractivity (Wildman–Crippen MR) is 468 cm³/mol. The molecule has 0 aliphatic carbocycles. The number of thioether (sulfide) groups is 1. The van der Waals surface area contributed by atoms with Gasteiger partial charge >= 0.3 is 23.9 Å². The predicted octanol–water partition coefficient (Wildman–Crippen LogP) is -7.70. The highest BCUT2D eigenvalue weighted by Gasteiger charge is 2.61. The van der Waals surface area contributed by atoms with Crippen molar-refractivity contribution in [3.05, 3.63) is 0 Å². The molecule has 0 aromatic carbocycles. The van der Waals surface area contributed by atoms with Gasteiger partial charge in [-0.3, -0.25) is 19.6 Å². The molecule has 0 aromatic rings. The topological polar surface area (TPSA) is 772 Å². The number of hydrogen-bond donors (Lipinski definition) is 23. The van der Waals surface area contributed by atoms with Crippen molar-refractivity contribution in [2.45, 2.75) is 339 Å². The van der Waals surface area contributed by atoms with Gasteiger partial charge in [0.25, 0.3) is 0 Å². The number of aliphatic hydroxyl groups is 15. The Hall–Kier alpha value is -4.92. The third-order valence-electron chi connectivity index (χ3n) is 26.2. The van der Waals surface area contributed by atoms with E-state index in [2.05, 4.69) is 27.8 Å². The van der Waals surface area contributed by atoms with Crippen LogP contribution in [0.2, 0.25) is 0 Å². The molecule has 40 unspecified atom stereocenters. The van der Waals surface area contributed by atoms with Crippen molar-refractivity contribution in [2.24, 2.45) is 35.5 Å². The number of carbonyl (C=O) groups excluding carboxylic acids is 3. The maximum Gasteiger partial charge on any atom is 0.335 e. The zero-order valence-corrected chi connectivity index (χ0v) is 80.5. The molecule has 10 heterocycles. The smallest absolute Gasteiger partial charge is 0.335 e. The van der Waals surface area contributed by atoms with Crippen molar-refractivity contribution >= 4 is 53.4 Å².